The van der Waals surface area contributed by atoms with Crippen LogP contribution >= 0.6 is 45.8 Å². The van der Waals surface area contributed by atoms with Crippen molar-refractivity contribution in [1.82, 2.24) is 0 Å². The average Bonchev–Trinajstić information content (AvgIpc) is 2.27. The van der Waals surface area contributed by atoms with Crippen molar-refractivity contribution in [1.29, 1.82) is 0 Å². The van der Waals surface area contributed by atoms with E-state index in [1.165, 1.54) is 0 Å². The molecule has 0 heterocycles. The first-order valence-electron chi connectivity index (χ1n) is 4.83. The van der Waals surface area contributed by atoms with E-state index in [-0.39, 0.29) is 0 Å². The van der Waals surface area contributed by atoms with Crippen molar-refractivity contribution in [3.05, 3.63) is 50.0 Å². The number of benzene rings is 2. The Morgan fingerprint density at radius 3 is 2.41 bits per heavy atom. The van der Waals surface area contributed by atoms with E-state index in [1.807, 2.05) is 24.3 Å². The molecule has 88 valence electrons. The Hall–Kier alpha value is -0.650. The summed E-state index contributed by atoms with van der Waals surface area (Å²) in [5, 5.41) is 4.25. The molecule has 0 saturated heterocycles. The third-order valence-electron chi connectivity index (χ3n) is 2.21. The zero-order chi connectivity index (χ0) is 12.4. The van der Waals surface area contributed by atoms with Gasteiger partial charge in [0.25, 0.3) is 0 Å². The molecule has 0 atom stereocenters. The second kappa shape index (κ2) is 5.33. The summed E-state index contributed by atoms with van der Waals surface area (Å²) in [4.78, 5) is 0. The van der Waals surface area contributed by atoms with Crippen molar-refractivity contribution in [2.45, 2.75) is 0 Å². The Morgan fingerprint density at radius 1 is 1.00 bits per heavy atom. The van der Waals surface area contributed by atoms with Gasteiger partial charge in [-0.3, -0.25) is 0 Å². The van der Waals surface area contributed by atoms with Gasteiger partial charge in [0, 0.05) is 9.26 Å². The maximum Gasteiger partial charge on any atom is 0.0618 e. The zero-order valence-corrected chi connectivity index (χ0v) is 12.3. The second-order valence-electron chi connectivity index (χ2n) is 3.49. The molecule has 2 nitrogen and oxygen atoms in total. The zero-order valence-electron chi connectivity index (χ0n) is 8.68. The predicted molar refractivity (Wildman–Crippen MR) is 83.3 cm³/mol. The van der Waals surface area contributed by atoms with Crippen LogP contribution < -0.4 is 11.1 Å². The molecule has 0 aliphatic heterocycles. The van der Waals surface area contributed by atoms with E-state index in [4.69, 9.17) is 28.9 Å². The van der Waals surface area contributed by atoms with Gasteiger partial charge in [-0.05, 0) is 59.0 Å². The van der Waals surface area contributed by atoms with Gasteiger partial charge in [0.15, 0.2) is 0 Å². The molecule has 5 heteroatoms. The third-order valence-corrected chi connectivity index (χ3v) is 3.62. The van der Waals surface area contributed by atoms with E-state index in [0.717, 1.165) is 14.9 Å². The second-order valence-corrected chi connectivity index (χ2v) is 5.55. The Morgan fingerprint density at radius 2 is 1.76 bits per heavy atom. The third kappa shape index (κ3) is 3.18. The number of anilines is 3. The van der Waals surface area contributed by atoms with Crippen LogP contribution in [0.1, 0.15) is 0 Å². The fraction of sp³-hybridized carbons (Fsp3) is 0. The molecule has 3 N–H and O–H groups in total. The lowest BCUT2D eigenvalue weighted by Crippen LogP contribution is -1.96. The number of rotatable bonds is 2. The highest BCUT2D eigenvalue weighted by Gasteiger charge is 2.03. The fourth-order valence-corrected chi connectivity index (χ4v) is 2.19. The molecule has 2 rings (SSSR count). The number of nitrogens with one attached hydrogen (secondary N) is 1. The molecule has 0 radical (unpaired) electrons. The van der Waals surface area contributed by atoms with Gasteiger partial charge >= 0.3 is 0 Å². The molecule has 0 aliphatic carbocycles. The van der Waals surface area contributed by atoms with Crippen molar-refractivity contribution in [2.24, 2.45) is 0 Å². The molecule has 0 aliphatic rings. The van der Waals surface area contributed by atoms with Crippen LogP contribution in [0.25, 0.3) is 0 Å². The van der Waals surface area contributed by atoms with Crippen LogP contribution in [0.2, 0.25) is 10.0 Å². The van der Waals surface area contributed by atoms with E-state index in [0.29, 0.717) is 15.7 Å². The Bertz CT molecular complexity index is 558. The standard InChI is InChI=1S/C12H9Cl2IN2/c13-9-3-2-8(6-10(9)14)17-12-4-1-7(15)5-11(12)16/h1-6,17H,16H2. The fourth-order valence-electron chi connectivity index (χ4n) is 1.38. The number of halogens is 3. The SMILES string of the molecule is Nc1cc(I)ccc1Nc1ccc(Cl)c(Cl)c1. The van der Waals surface area contributed by atoms with Gasteiger partial charge < -0.3 is 11.1 Å². The molecule has 2 aromatic carbocycles. The summed E-state index contributed by atoms with van der Waals surface area (Å²) in [6, 6.07) is 11.2. The summed E-state index contributed by atoms with van der Waals surface area (Å²) in [5.74, 6) is 0. The highest BCUT2D eigenvalue weighted by atomic mass is 127. The van der Waals surface area contributed by atoms with Gasteiger partial charge in [0.05, 0.1) is 21.4 Å². The topological polar surface area (TPSA) is 38.0 Å². The average molecular weight is 379 g/mol. The van der Waals surface area contributed by atoms with Crippen LogP contribution in [0, 0.1) is 3.57 Å². The molecular formula is C12H9Cl2IN2. The highest BCUT2D eigenvalue weighted by molar-refractivity contribution is 14.1. The van der Waals surface area contributed by atoms with E-state index >= 15 is 0 Å². The first-order valence-corrected chi connectivity index (χ1v) is 6.67. The molecule has 2 aromatic rings. The minimum absolute atomic E-state index is 0.515. The van der Waals surface area contributed by atoms with Crippen LogP contribution in [0.15, 0.2) is 36.4 Å². The van der Waals surface area contributed by atoms with Gasteiger partial charge in [-0.25, -0.2) is 0 Å². The summed E-state index contributed by atoms with van der Waals surface area (Å²) < 4.78 is 1.10. The van der Waals surface area contributed by atoms with Crippen LogP contribution in [-0.4, -0.2) is 0 Å². The molecule has 0 spiro atoms. The van der Waals surface area contributed by atoms with E-state index in [9.17, 15) is 0 Å². The summed E-state index contributed by atoms with van der Waals surface area (Å²) in [6.07, 6.45) is 0. The normalized spacial score (nSPS) is 10.3. The molecule has 0 amide bonds. The van der Waals surface area contributed by atoms with E-state index in [2.05, 4.69) is 27.9 Å². The lowest BCUT2D eigenvalue weighted by atomic mass is 10.2. The number of hydrogen-bond acceptors (Lipinski definition) is 2. The largest absolute Gasteiger partial charge is 0.397 e. The van der Waals surface area contributed by atoms with E-state index < -0.39 is 0 Å². The predicted octanol–water partition coefficient (Wildman–Crippen LogP) is 4.92. The van der Waals surface area contributed by atoms with Crippen molar-refractivity contribution in [3.8, 4) is 0 Å². The molecular weight excluding hydrogens is 370 g/mol. The van der Waals surface area contributed by atoms with Gasteiger partial charge in [-0.1, -0.05) is 23.2 Å². The smallest absolute Gasteiger partial charge is 0.0618 e. The number of hydrogen-bond donors (Lipinski definition) is 2. The minimum atomic E-state index is 0.515. The first-order chi connectivity index (χ1) is 8.06. The van der Waals surface area contributed by atoms with Crippen LogP contribution in [0.3, 0.4) is 0 Å². The Balaban J connectivity index is 2.28. The molecule has 0 saturated carbocycles. The van der Waals surface area contributed by atoms with Crippen LogP contribution in [0.5, 0.6) is 0 Å². The van der Waals surface area contributed by atoms with Crippen molar-refractivity contribution >= 4 is 62.9 Å². The molecule has 0 aromatic heterocycles. The monoisotopic (exact) mass is 378 g/mol. The number of nitrogen functional groups attached to an aromatic ring is 1. The maximum atomic E-state index is 5.94. The quantitative estimate of drug-likeness (QED) is 0.574. The molecule has 0 unspecified atom stereocenters. The summed E-state index contributed by atoms with van der Waals surface area (Å²) in [7, 11) is 0. The van der Waals surface area contributed by atoms with Crippen molar-refractivity contribution in [2.75, 3.05) is 11.1 Å². The number of nitrogens with two attached hydrogens (primary N) is 1. The minimum Gasteiger partial charge on any atom is -0.397 e. The van der Waals surface area contributed by atoms with Crippen molar-refractivity contribution in [3.63, 3.8) is 0 Å². The van der Waals surface area contributed by atoms with Crippen LogP contribution in [0.4, 0.5) is 17.1 Å². The first kappa shape index (κ1) is 12.8. The molecule has 0 fully saturated rings. The summed E-state index contributed by atoms with van der Waals surface area (Å²) in [5.41, 5.74) is 8.31. The Kier molecular flexibility index (Phi) is 4.01. The maximum absolute atomic E-state index is 5.94. The highest BCUT2D eigenvalue weighted by Crippen LogP contribution is 2.29. The van der Waals surface area contributed by atoms with E-state index in [1.54, 1.807) is 12.1 Å². The summed E-state index contributed by atoms with van der Waals surface area (Å²) >= 11 is 14.0. The van der Waals surface area contributed by atoms with Crippen LogP contribution in [-0.2, 0) is 0 Å². The van der Waals surface area contributed by atoms with Gasteiger partial charge in [-0.15, -0.1) is 0 Å². The Labute approximate surface area is 123 Å². The summed E-state index contributed by atoms with van der Waals surface area (Å²) in [6.45, 7) is 0. The lowest BCUT2D eigenvalue weighted by molar-refractivity contribution is 1.53. The molecule has 17 heavy (non-hydrogen) atoms. The van der Waals surface area contributed by atoms with Crippen molar-refractivity contribution < 1.29 is 0 Å². The van der Waals surface area contributed by atoms with Gasteiger partial charge in [0.1, 0.15) is 0 Å². The van der Waals surface area contributed by atoms with Gasteiger partial charge in [0.2, 0.25) is 0 Å². The molecule has 0 bridgehead atoms. The lowest BCUT2D eigenvalue weighted by Gasteiger charge is -2.10. The van der Waals surface area contributed by atoms with Gasteiger partial charge in [-0.2, -0.15) is 0 Å².